The highest BCUT2D eigenvalue weighted by Gasteiger charge is 2.09. The van der Waals surface area contributed by atoms with Gasteiger partial charge in [-0.1, -0.05) is 54.1 Å². The first-order chi connectivity index (χ1) is 10.7. The molecule has 0 saturated heterocycles. The highest BCUT2D eigenvalue weighted by Crippen LogP contribution is 2.13. The molecule has 0 aliphatic carbocycles. The molecule has 0 radical (unpaired) electrons. The zero-order valence-corrected chi connectivity index (χ0v) is 13.1. The Labute approximate surface area is 135 Å². The van der Waals surface area contributed by atoms with Crippen molar-refractivity contribution >= 4 is 23.6 Å². The lowest BCUT2D eigenvalue weighted by Crippen LogP contribution is -2.21. The molecule has 0 fully saturated rings. The average molecular weight is 316 g/mol. The molecule has 2 rings (SSSR count). The molecule has 0 unspecified atom stereocenters. The highest BCUT2D eigenvalue weighted by atomic mass is 35.5. The van der Waals surface area contributed by atoms with Crippen LogP contribution >= 0.6 is 11.6 Å². The maximum atomic E-state index is 11.9. The van der Waals surface area contributed by atoms with E-state index >= 15 is 0 Å². The van der Waals surface area contributed by atoms with Crippen molar-refractivity contribution in [3.63, 3.8) is 0 Å². The number of carbonyl (C=O) groups is 1. The summed E-state index contributed by atoms with van der Waals surface area (Å²) >= 11 is 5.86. The zero-order chi connectivity index (χ0) is 15.8. The summed E-state index contributed by atoms with van der Waals surface area (Å²) in [6.45, 7) is 1.12. The monoisotopic (exact) mass is 315 g/mol. The zero-order valence-electron chi connectivity index (χ0n) is 12.4. The van der Waals surface area contributed by atoms with Crippen molar-refractivity contribution in [2.24, 2.45) is 0 Å². The van der Waals surface area contributed by atoms with E-state index in [4.69, 9.17) is 16.3 Å². The number of ether oxygens (including phenoxy) is 1. The van der Waals surface area contributed by atoms with Crippen LogP contribution in [0.2, 0.25) is 5.02 Å². The van der Waals surface area contributed by atoms with E-state index in [0.717, 1.165) is 5.56 Å². The summed E-state index contributed by atoms with van der Waals surface area (Å²) < 4.78 is 4.84. The first kappa shape index (κ1) is 16.3. The van der Waals surface area contributed by atoms with Crippen LogP contribution in [0, 0.1) is 0 Å². The van der Waals surface area contributed by atoms with E-state index in [1.54, 1.807) is 18.2 Å². The second kappa shape index (κ2) is 8.37. The second-order valence-electron chi connectivity index (χ2n) is 4.80. The molecule has 114 valence electrons. The number of methoxy groups -OCH3 is 1. The lowest BCUT2D eigenvalue weighted by atomic mass is 10.1. The number of carbonyl (C=O) groups excluding carboxylic acids is 1. The van der Waals surface area contributed by atoms with Gasteiger partial charge in [-0.25, -0.2) is 4.79 Å². The Morgan fingerprint density at radius 1 is 1.14 bits per heavy atom. The summed E-state index contributed by atoms with van der Waals surface area (Å²) in [6, 6.07) is 17.3. The van der Waals surface area contributed by atoms with Gasteiger partial charge in [-0.3, -0.25) is 0 Å². The third kappa shape index (κ3) is 5.02. The Balaban J connectivity index is 2.03. The number of rotatable bonds is 6. The normalized spacial score (nSPS) is 11.3. The van der Waals surface area contributed by atoms with Crippen LogP contribution < -0.4 is 5.32 Å². The molecule has 0 amide bonds. The van der Waals surface area contributed by atoms with Crippen molar-refractivity contribution in [2.45, 2.75) is 6.54 Å². The molecule has 4 heteroatoms. The molecule has 0 aliphatic heterocycles. The van der Waals surface area contributed by atoms with E-state index in [0.29, 0.717) is 23.7 Å². The van der Waals surface area contributed by atoms with Crippen molar-refractivity contribution in [2.75, 3.05) is 13.7 Å². The Morgan fingerprint density at radius 2 is 1.82 bits per heavy atom. The van der Waals surface area contributed by atoms with Gasteiger partial charge in [0.1, 0.15) is 0 Å². The van der Waals surface area contributed by atoms with Crippen LogP contribution in [0.15, 0.2) is 60.2 Å². The Kier molecular flexibility index (Phi) is 6.19. The van der Waals surface area contributed by atoms with E-state index in [1.807, 2.05) is 42.5 Å². The summed E-state index contributed by atoms with van der Waals surface area (Å²) in [5.74, 6) is -0.337. The molecule has 0 atom stereocenters. The van der Waals surface area contributed by atoms with Gasteiger partial charge in [0.2, 0.25) is 0 Å². The Morgan fingerprint density at radius 3 is 2.45 bits per heavy atom. The van der Waals surface area contributed by atoms with Crippen molar-refractivity contribution in [3.05, 3.63) is 76.3 Å². The average Bonchev–Trinajstić information content (AvgIpc) is 2.56. The van der Waals surface area contributed by atoms with Gasteiger partial charge in [-0.05, 0) is 29.3 Å². The van der Waals surface area contributed by atoms with Gasteiger partial charge in [-0.15, -0.1) is 0 Å². The quantitative estimate of drug-likeness (QED) is 0.652. The summed E-state index contributed by atoms with van der Waals surface area (Å²) in [4.78, 5) is 11.9. The fourth-order valence-electron chi connectivity index (χ4n) is 2.01. The maximum Gasteiger partial charge on any atom is 0.335 e. The van der Waals surface area contributed by atoms with Crippen molar-refractivity contribution in [1.29, 1.82) is 0 Å². The van der Waals surface area contributed by atoms with E-state index in [-0.39, 0.29) is 5.97 Å². The van der Waals surface area contributed by atoms with Crippen LogP contribution in [0.25, 0.3) is 6.08 Å². The van der Waals surface area contributed by atoms with E-state index in [9.17, 15) is 4.79 Å². The van der Waals surface area contributed by atoms with Gasteiger partial charge in [0.05, 0.1) is 12.7 Å². The third-order valence-electron chi connectivity index (χ3n) is 3.15. The minimum atomic E-state index is -0.337. The number of hydrogen-bond acceptors (Lipinski definition) is 3. The lowest BCUT2D eigenvalue weighted by Gasteiger charge is -2.08. The molecule has 2 aromatic rings. The van der Waals surface area contributed by atoms with E-state index < -0.39 is 0 Å². The number of esters is 1. The fraction of sp³-hybridized carbons (Fsp3) is 0.167. The number of nitrogens with one attached hydrogen (secondary N) is 1. The molecule has 22 heavy (non-hydrogen) atoms. The molecule has 3 nitrogen and oxygen atoms in total. The summed E-state index contributed by atoms with van der Waals surface area (Å²) in [6.07, 6.45) is 1.81. The number of hydrogen-bond donors (Lipinski definition) is 1. The number of benzene rings is 2. The van der Waals surface area contributed by atoms with Crippen LogP contribution in [0.1, 0.15) is 11.1 Å². The molecule has 0 bridgehead atoms. The van der Waals surface area contributed by atoms with E-state index in [2.05, 4.69) is 5.32 Å². The Bertz CT molecular complexity index is 636. The van der Waals surface area contributed by atoms with Crippen LogP contribution in [-0.2, 0) is 16.1 Å². The SMILES string of the molecule is COC(=O)/C(=C\c1ccc(Cl)cc1)CNCc1ccccc1. The van der Waals surface area contributed by atoms with Gasteiger partial charge in [0, 0.05) is 18.1 Å². The van der Waals surface area contributed by atoms with Crippen LogP contribution in [-0.4, -0.2) is 19.6 Å². The molecular weight excluding hydrogens is 298 g/mol. The summed E-state index contributed by atoms with van der Waals surface area (Å²) in [5, 5.41) is 3.92. The molecule has 0 spiro atoms. The fourth-order valence-corrected chi connectivity index (χ4v) is 2.14. The molecule has 0 aliphatic rings. The molecule has 2 aromatic carbocycles. The highest BCUT2D eigenvalue weighted by molar-refractivity contribution is 6.30. The molecule has 0 saturated carbocycles. The minimum Gasteiger partial charge on any atom is -0.466 e. The summed E-state index contributed by atoms with van der Waals surface area (Å²) in [5.41, 5.74) is 2.64. The maximum absolute atomic E-state index is 11.9. The number of halogens is 1. The van der Waals surface area contributed by atoms with Gasteiger partial charge in [0.25, 0.3) is 0 Å². The molecule has 0 aromatic heterocycles. The van der Waals surface area contributed by atoms with Gasteiger partial charge >= 0.3 is 5.97 Å². The molecule has 1 N–H and O–H groups in total. The lowest BCUT2D eigenvalue weighted by molar-refractivity contribution is -0.136. The van der Waals surface area contributed by atoms with Crippen LogP contribution in [0.5, 0.6) is 0 Å². The van der Waals surface area contributed by atoms with Gasteiger partial charge < -0.3 is 10.1 Å². The largest absolute Gasteiger partial charge is 0.466 e. The van der Waals surface area contributed by atoms with Gasteiger partial charge in [0.15, 0.2) is 0 Å². The van der Waals surface area contributed by atoms with E-state index in [1.165, 1.54) is 12.7 Å². The van der Waals surface area contributed by atoms with Crippen molar-refractivity contribution in [3.8, 4) is 0 Å². The smallest absolute Gasteiger partial charge is 0.335 e. The van der Waals surface area contributed by atoms with Crippen LogP contribution in [0.3, 0.4) is 0 Å². The van der Waals surface area contributed by atoms with Crippen molar-refractivity contribution in [1.82, 2.24) is 5.32 Å². The second-order valence-corrected chi connectivity index (χ2v) is 5.24. The first-order valence-electron chi connectivity index (χ1n) is 6.98. The van der Waals surface area contributed by atoms with Crippen molar-refractivity contribution < 1.29 is 9.53 Å². The van der Waals surface area contributed by atoms with Gasteiger partial charge in [-0.2, -0.15) is 0 Å². The molecular formula is C18H18ClNO2. The third-order valence-corrected chi connectivity index (χ3v) is 3.40. The predicted molar refractivity (Wildman–Crippen MR) is 89.6 cm³/mol. The first-order valence-corrected chi connectivity index (χ1v) is 7.36. The molecule has 0 heterocycles. The summed E-state index contributed by atoms with van der Waals surface area (Å²) in [7, 11) is 1.38. The van der Waals surface area contributed by atoms with Crippen LogP contribution in [0.4, 0.5) is 0 Å². The predicted octanol–water partition coefficient (Wildman–Crippen LogP) is 3.69. The topological polar surface area (TPSA) is 38.3 Å². The Hall–Kier alpha value is -2.10. The standard InChI is InChI=1S/C18H18ClNO2/c1-22-18(21)16(11-14-7-9-17(19)10-8-14)13-20-12-15-5-3-2-4-6-15/h2-11,20H,12-13H2,1H3/b16-11-. The minimum absolute atomic E-state index is 0.337.